The molecule has 0 saturated carbocycles. The molecule has 0 saturated heterocycles. The average molecular weight is 212 g/mol. The monoisotopic (exact) mass is 211 g/mol. The number of halogens is 1. The van der Waals surface area contributed by atoms with Crippen LogP contribution < -0.4 is 5.73 Å². The number of rotatable bonds is 1. The number of benzene rings is 1. The summed E-state index contributed by atoms with van der Waals surface area (Å²) in [7, 11) is 0. The van der Waals surface area contributed by atoms with Gasteiger partial charge in [0.25, 0.3) is 0 Å². The Morgan fingerprint density at radius 2 is 2.27 bits per heavy atom. The Morgan fingerprint density at radius 1 is 1.55 bits per heavy atom. The Morgan fingerprint density at radius 3 is 2.82 bits per heavy atom. The fourth-order valence-electron chi connectivity index (χ4n) is 0.835. The summed E-state index contributed by atoms with van der Waals surface area (Å²) in [4.78, 5) is 0. The maximum Gasteiger partial charge on any atom is 0.0344 e. The van der Waals surface area contributed by atoms with Crippen molar-refractivity contribution in [3.05, 3.63) is 40.4 Å². The third-order valence-corrected chi connectivity index (χ3v) is 1.96. The van der Waals surface area contributed by atoms with E-state index < -0.39 is 0 Å². The van der Waals surface area contributed by atoms with Crippen LogP contribution in [0.1, 0.15) is 12.5 Å². The van der Waals surface area contributed by atoms with Gasteiger partial charge < -0.3 is 5.73 Å². The van der Waals surface area contributed by atoms with Gasteiger partial charge in [0.05, 0.1) is 0 Å². The van der Waals surface area contributed by atoms with Crippen molar-refractivity contribution in [3.63, 3.8) is 0 Å². The van der Waals surface area contributed by atoms with Gasteiger partial charge in [-0.05, 0) is 24.6 Å². The fourth-order valence-corrected chi connectivity index (χ4v) is 1.23. The summed E-state index contributed by atoms with van der Waals surface area (Å²) >= 11 is 3.38. The van der Waals surface area contributed by atoms with Crippen LogP contribution in [0.3, 0.4) is 0 Å². The van der Waals surface area contributed by atoms with Gasteiger partial charge in [-0.3, -0.25) is 0 Å². The Balaban J connectivity index is 3.06. The SMILES string of the molecule is C/C=C(\N)c1cccc(Br)c1. The molecule has 0 atom stereocenters. The predicted molar refractivity (Wildman–Crippen MR) is 52.0 cm³/mol. The van der Waals surface area contributed by atoms with Crippen LogP contribution >= 0.6 is 15.9 Å². The van der Waals surface area contributed by atoms with Gasteiger partial charge in [-0.1, -0.05) is 34.1 Å². The van der Waals surface area contributed by atoms with Crippen LogP contribution in [-0.2, 0) is 0 Å². The largest absolute Gasteiger partial charge is 0.399 e. The molecule has 2 heteroatoms. The molecule has 0 radical (unpaired) electrons. The van der Waals surface area contributed by atoms with E-state index >= 15 is 0 Å². The van der Waals surface area contributed by atoms with Gasteiger partial charge in [-0.25, -0.2) is 0 Å². The van der Waals surface area contributed by atoms with Crippen LogP contribution in [0.25, 0.3) is 5.70 Å². The summed E-state index contributed by atoms with van der Waals surface area (Å²) in [5.41, 5.74) is 7.57. The zero-order valence-corrected chi connectivity index (χ0v) is 7.93. The minimum atomic E-state index is 0.811. The molecular weight excluding hydrogens is 202 g/mol. The number of hydrogen-bond donors (Lipinski definition) is 1. The van der Waals surface area contributed by atoms with Crippen LogP contribution in [0, 0.1) is 0 Å². The molecule has 1 aromatic rings. The molecule has 0 amide bonds. The van der Waals surface area contributed by atoms with Crippen LogP contribution in [0.4, 0.5) is 0 Å². The van der Waals surface area contributed by atoms with Crippen molar-refractivity contribution in [2.75, 3.05) is 0 Å². The minimum absolute atomic E-state index is 0.811. The molecule has 1 nitrogen and oxygen atoms in total. The molecule has 0 aliphatic carbocycles. The zero-order valence-electron chi connectivity index (χ0n) is 6.34. The Hall–Kier alpha value is -0.760. The van der Waals surface area contributed by atoms with Gasteiger partial charge in [0.1, 0.15) is 0 Å². The first kappa shape index (κ1) is 8.34. The zero-order chi connectivity index (χ0) is 8.27. The number of allylic oxidation sites excluding steroid dienone is 1. The molecule has 58 valence electrons. The van der Waals surface area contributed by atoms with Crippen LogP contribution in [0.15, 0.2) is 34.8 Å². The smallest absolute Gasteiger partial charge is 0.0344 e. The first-order valence-electron chi connectivity index (χ1n) is 3.42. The topological polar surface area (TPSA) is 26.0 Å². The van der Waals surface area contributed by atoms with Crippen molar-refractivity contribution in [2.24, 2.45) is 5.73 Å². The maximum absolute atomic E-state index is 5.70. The third-order valence-electron chi connectivity index (χ3n) is 1.47. The summed E-state index contributed by atoms with van der Waals surface area (Å²) in [5.74, 6) is 0. The third kappa shape index (κ3) is 2.09. The molecule has 2 N–H and O–H groups in total. The highest BCUT2D eigenvalue weighted by molar-refractivity contribution is 9.10. The number of hydrogen-bond acceptors (Lipinski definition) is 1. The van der Waals surface area contributed by atoms with Crippen molar-refractivity contribution in [1.29, 1.82) is 0 Å². The van der Waals surface area contributed by atoms with E-state index in [1.165, 1.54) is 0 Å². The molecule has 1 rings (SSSR count). The van der Waals surface area contributed by atoms with Crippen molar-refractivity contribution < 1.29 is 0 Å². The second-order valence-corrected chi connectivity index (χ2v) is 3.17. The lowest BCUT2D eigenvalue weighted by Crippen LogP contribution is -1.94. The Kier molecular flexibility index (Phi) is 2.71. The quantitative estimate of drug-likeness (QED) is 0.760. The lowest BCUT2D eigenvalue weighted by Gasteiger charge is -1.99. The van der Waals surface area contributed by atoms with Gasteiger partial charge in [0.2, 0.25) is 0 Å². The highest BCUT2D eigenvalue weighted by Crippen LogP contribution is 2.15. The standard InChI is InChI=1S/C9H10BrN/c1-2-9(11)7-4-3-5-8(10)6-7/h2-6H,11H2,1H3/b9-2-. The molecule has 0 bridgehead atoms. The van der Waals surface area contributed by atoms with E-state index in [0.29, 0.717) is 0 Å². The maximum atomic E-state index is 5.70. The van der Waals surface area contributed by atoms with E-state index in [4.69, 9.17) is 5.73 Å². The Labute approximate surface area is 75.0 Å². The normalized spacial score (nSPS) is 11.6. The van der Waals surface area contributed by atoms with Crippen molar-refractivity contribution in [2.45, 2.75) is 6.92 Å². The van der Waals surface area contributed by atoms with Crippen molar-refractivity contribution in [1.82, 2.24) is 0 Å². The molecule has 0 aliphatic heterocycles. The van der Waals surface area contributed by atoms with Crippen molar-refractivity contribution in [3.8, 4) is 0 Å². The van der Waals surface area contributed by atoms with Gasteiger partial charge in [0.15, 0.2) is 0 Å². The molecule has 0 unspecified atom stereocenters. The second-order valence-electron chi connectivity index (χ2n) is 2.25. The molecule has 1 aromatic carbocycles. The van der Waals surface area contributed by atoms with Gasteiger partial charge in [-0.2, -0.15) is 0 Å². The second kappa shape index (κ2) is 3.58. The van der Waals surface area contributed by atoms with E-state index in [9.17, 15) is 0 Å². The van der Waals surface area contributed by atoms with E-state index in [2.05, 4.69) is 15.9 Å². The highest BCUT2D eigenvalue weighted by atomic mass is 79.9. The van der Waals surface area contributed by atoms with Crippen LogP contribution in [0.5, 0.6) is 0 Å². The molecule has 0 aromatic heterocycles. The van der Waals surface area contributed by atoms with Gasteiger partial charge in [0, 0.05) is 10.2 Å². The molecule has 0 fully saturated rings. The van der Waals surface area contributed by atoms with E-state index in [1.54, 1.807) is 0 Å². The van der Waals surface area contributed by atoms with Crippen molar-refractivity contribution >= 4 is 21.6 Å². The van der Waals surface area contributed by atoms with Crippen LogP contribution in [0.2, 0.25) is 0 Å². The summed E-state index contributed by atoms with van der Waals surface area (Å²) in [6, 6.07) is 7.93. The predicted octanol–water partition coefficient (Wildman–Crippen LogP) is 2.77. The van der Waals surface area contributed by atoms with E-state index in [0.717, 1.165) is 15.7 Å². The molecule has 0 heterocycles. The van der Waals surface area contributed by atoms with E-state index in [1.807, 2.05) is 37.3 Å². The summed E-state index contributed by atoms with van der Waals surface area (Å²) < 4.78 is 1.06. The van der Waals surface area contributed by atoms with E-state index in [-0.39, 0.29) is 0 Å². The fraction of sp³-hybridized carbons (Fsp3) is 0.111. The summed E-state index contributed by atoms with van der Waals surface area (Å²) in [6.07, 6.45) is 1.89. The Bertz CT molecular complexity index is 279. The minimum Gasteiger partial charge on any atom is -0.399 e. The summed E-state index contributed by atoms with van der Waals surface area (Å²) in [5, 5.41) is 0. The molecule has 0 aliphatic rings. The molecule has 11 heavy (non-hydrogen) atoms. The molecular formula is C9H10BrN. The van der Waals surface area contributed by atoms with Gasteiger partial charge in [-0.15, -0.1) is 0 Å². The highest BCUT2D eigenvalue weighted by Gasteiger charge is 1.93. The lowest BCUT2D eigenvalue weighted by molar-refractivity contribution is 1.48. The number of nitrogens with two attached hydrogens (primary N) is 1. The summed E-state index contributed by atoms with van der Waals surface area (Å²) in [6.45, 7) is 1.93. The molecule has 0 spiro atoms. The average Bonchev–Trinajstić information content (AvgIpc) is 2.03. The first-order chi connectivity index (χ1) is 5.24. The lowest BCUT2D eigenvalue weighted by atomic mass is 10.2. The van der Waals surface area contributed by atoms with Crippen LogP contribution in [-0.4, -0.2) is 0 Å². The van der Waals surface area contributed by atoms with Gasteiger partial charge >= 0.3 is 0 Å². The first-order valence-corrected chi connectivity index (χ1v) is 4.21.